The molecule has 0 aliphatic carbocycles. The molecule has 1 aliphatic rings. The molecule has 11 heteroatoms. The zero-order chi connectivity index (χ0) is 19.0. The van der Waals surface area contributed by atoms with Crippen LogP contribution < -0.4 is 22.1 Å². The van der Waals surface area contributed by atoms with E-state index in [-0.39, 0.29) is 38.9 Å². The standard InChI is InChI=1S/C15H9Cl2FN8/c16-7-1-5(2-8(18)10(7)17)12-9-11(21)6(3-19)13(22)25-14(9)26-15(24-12)23-4-20/h1-2,12H,(H6,21,22,23,24,25,26). The van der Waals surface area contributed by atoms with E-state index in [0.29, 0.717) is 11.1 Å². The van der Waals surface area contributed by atoms with Crippen molar-refractivity contribution in [2.45, 2.75) is 6.04 Å². The second-order valence-electron chi connectivity index (χ2n) is 5.20. The number of anilines is 3. The van der Waals surface area contributed by atoms with E-state index < -0.39 is 11.9 Å². The van der Waals surface area contributed by atoms with E-state index in [9.17, 15) is 9.65 Å². The van der Waals surface area contributed by atoms with E-state index in [2.05, 4.69) is 20.6 Å². The molecule has 0 fully saturated rings. The van der Waals surface area contributed by atoms with Crippen LogP contribution in [0, 0.1) is 28.6 Å². The van der Waals surface area contributed by atoms with Crippen molar-refractivity contribution in [3.63, 3.8) is 0 Å². The predicted molar refractivity (Wildman–Crippen MR) is 95.8 cm³/mol. The average molecular weight is 391 g/mol. The number of hydrogen-bond donors (Lipinski definition) is 4. The maximum absolute atomic E-state index is 14.1. The van der Waals surface area contributed by atoms with Gasteiger partial charge in [0.2, 0.25) is 5.96 Å². The smallest absolute Gasteiger partial charge is 0.211 e. The van der Waals surface area contributed by atoms with E-state index in [0.717, 1.165) is 6.07 Å². The van der Waals surface area contributed by atoms with Gasteiger partial charge in [0.1, 0.15) is 35.1 Å². The Kier molecular flexibility index (Phi) is 4.43. The molecular formula is C15H9Cl2FN8. The topological polar surface area (TPSA) is 149 Å². The molecule has 3 rings (SSSR count). The Labute approximate surface area is 156 Å². The van der Waals surface area contributed by atoms with Crippen LogP contribution in [0.2, 0.25) is 10.0 Å². The molecule has 0 saturated heterocycles. The van der Waals surface area contributed by atoms with Gasteiger partial charge in [0.15, 0.2) is 6.19 Å². The van der Waals surface area contributed by atoms with Gasteiger partial charge >= 0.3 is 0 Å². The largest absolute Gasteiger partial charge is 0.397 e. The lowest BCUT2D eigenvalue weighted by atomic mass is 9.95. The Morgan fingerprint density at radius 3 is 2.62 bits per heavy atom. The molecule has 2 heterocycles. The number of guanidine groups is 1. The Bertz CT molecular complexity index is 1010. The number of nitriles is 2. The third kappa shape index (κ3) is 2.80. The number of aliphatic imine (C=N–C) groups is 1. The van der Waals surface area contributed by atoms with Gasteiger partial charge in [0, 0.05) is 5.56 Å². The number of nitrogens with two attached hydrogens (primary N) is 2. The van der Waals surface area contributed by atoms with Crippen LogP contribution >= 0.6 is 23.2 Å². The second-order valence-corrected chi connectivity index (χ2v) is 5.99. The van der Waals surface area contributed by atoms with E-state index in [1.165, 1.54) is 6.07 Å². The van der Waals surface area contributed by atoms with Gasteiger partial charge < -0.3 is 16.8 Å². The summed E-state index contributed by atoms with van der Waals surface area (Å²) in [6, 6.07) is 3.54. The summed E-state index contributed by atoms with van der Waals surface area (Å²) >= 11 is 11.7. The Hall–Kier alpha value is -3.27. The molecule has 0 saturated carbocycles. The molecule has 0 spiro atoms. The molecule has 8 nitrogen and oxygen atoms in total. The first-order valence-corrected chi connectivity index (χ1v) is 7.76. The molecule has 0 radical (unpaired) electrons. The first kappa shape index (κ1) is 17.5. The fourth-order valence-corrected chi connectivity index (χ4v) is 2.88. The number of benzene rings is 1. The highest BCUT2D eigenvalue weighted by Gasteiger charge is 2.30. The van der Waals surface area contributed by atoms with E-state index in [1.54, 1.807) is 6.19 Å². The number of nitrogens with one attached hydrogen (secondary N) is 2. The SMILES string of the molecule is N#CNC1=NC(c2cc(F)c(Cl)c(Cl)c2)c2c(nc(N)c(C#N)c2N)N1. The quantitative estimate of drug-likeness (QED) is 0.331. The molecule has 0 bridgehead atoms. The van der Waals surface area contributed by atoms with E-state index in [1.807, 2.05) is 6.07 Å². The van der Waals surface area contributed by atoms with E-state index in [4.69, 9.17) is 39.9 Å². The van der Waals surface area contributed by atoms with Gasteiger partial charge in [-0.05, 0) is 17.7 Å². The minimum atomic E-state index is -0.897. The molecule has 6 N–H and O–H groups in total. The van der Waals surface area contributed by atoms with Crippen LogP contribution in [-0.2, 0) is 0 Å². The van der Waals surface area contributed by atoms with Crippen molar-refractivity contribution in [3.05, 3.63) is 44.7 Å². The van der Waals surface area contributed by atoms with Gasteiger partial charge in [-0.1, -0.05) is 23.2 Å². The predicted octanol–water partition coefficient (Wildman–Crippen LogP) is 2.51. The van der Waals surface area contributed by atoms with Crippen molar-refractivity contribution in [1.82, 2.24) is 10.3 Å². The Morgan fingerprint density at radius 2 is 2.00 bits per heavy atom. The van der Waals surface area contributed by atoms with Gasteiger partial charge in [0.25, 0.3) is 0 Å². The van der Waals surface area contributed by atoms with Crippen LogP contribution in [0.3, 0.4) is 0 Å². The summed E-state index contributed by atoms with van der Waals surface area (Å²) in [4.78, 5) is 8.39. The number of nitrogens with zero attached hydrogens (tertiary/aromatic N) is 4. The van der Waals surface area contributed by atoms with Crippen molar-refractivity contribution in [2.24, 2.45) is 4.99 Å². The minimum absolute atomic E-state index is 0.0192. The molecular weight excluding hydrogens is 382 g/mol. The van der Waals surface area contributed by atoms with Gasteiger partial charge in [-0.25, -0.2) is 14.4 Å². The highest BCUT2D eigenvalue weighted by molar-refractivity contribution is 6.42. The number of aromatic nitrogens is 1. The van der Waals surface area contributed by atoms with Gasteiger partial charge in [0.05, 0.1) is 15.7 Å². The molecule has 130 valence electrons. The molecule has 2 aromatic rings. The summed E-state index contributed by atoms with van der Waals surface area (Å²) in [7, 11) is 0. The summed E-state index contributed by atoms with van der Waals surface area (Å²) in [5.74, 6) is -0.606. The molecule has 0 amide bonds. The average Bonchev–Trinajstić information content (AvgIpc) is 2.59. The summed E-state index contributed by atoms with van der Waals surface area (Å²) in [6.07, 6.45) is 1.72. The number of nitrogen functional groups attached to an aromatic ring is 2. The number of pyridine rings is 1. The zero-order valence-electron chi connectivity index (χ0n) is 12.8. The normalized spacial score (nSPS) is 15.1. The van der Waals surface area contributed by atoms with Crippen LogP contribution in [0.15, 0.2) is 17.1 Å². The first-order valence-electron chi connectivity index (χ1n) is 7.00. The van der Waals surface area contributed by atoms with Gasteiger partial charge in [-0.2, -0.15) is 10.5 Å². The number of hydrogen-bond acceptors (Lipinski definition) is 8. The molecule has 1 aromatic carbocycles. The molecule has 1 unspecified atom stereocenters. The Morgan fingerprint density at radius 1 is 1.27 bits per heavy atom. The van der Waals surface area contributed by atoms with Crippen LogP contribution in [0.25, 0.3) is 0 Å². The molecule has 26 heavy (non-hydrogen) atoms. The lowest BCUT2D eigenvalue weighted by molar-refractivity contribution is 0.624. The summed E-state index contributed by atoms with van der Waals surface area (Å²) < 4.78 is 14.1. The summed E-state index contributed by atoms with van der Waals surface area (Å²) in [5, 5.41) is 22.9. The fraction of sp³-hybridized carbons (Fsp3) is 0.0667. The van der Waals surface area contributed by atoms with Crippen LogP contribution in [0.4, 0.5) is 21.7 Å². The van der Waals surface area contributed by atoms with Crippen LogP contribution in [0.1, 0.15) is 22.7 Å². The highest BCUT2D eigenvalue weighted by atomic mass is 35.5. The number of fused-ring (bicyclic) bond motifs is 1. The van der Waals surface area contributed by atoms with Crippen molar-refractivity contribution in [2.75, 3.05) is 16.8 Å². The first-order chi connectivity index (χ1) is 12.4. The number of halogens is 3. The number of rotatable bonds is 1. The summed E-state index contributed by atoms with van der Waals surface area (Å²) in [5.41, 5.74) is 12.5. The fourth-order valence-electron chi connectivity index (χ4n) is 2.56. The maximum Gasteiger partial charge on any atom is 0.211 e. The zero-order valence-corrected chi connectivity index (χ0v) is 14.3. The lowest BCUT2D eigenvalue weighted by Crippen LogP contribution is -2.32. The minimum Gasteiger partial charge on any atom is -0.397 e. The van der Waals surface area contributed by atoms with Crippen molar-refractivity contribution < 1.29 is 4.39 Å². The van der Waals surface area contributed by atoms with Crippen molar-refractivity contribution in [3.8, 4) is 12.3 Å². The Balaban J connectivity index is 2.28. The van der Waals surface area contributed by atoms with Crippen molar-refractivity contribution >= 4 is 46.5 Å². The molecule has 1 aromatic heterocycles. The molecule has 1 atom stereocenters. The highest BCUT2D eigenvalue weighted by Crippen LogP contribution is 2.42. The monoisotopic (exact) mass is 390 g/mol. The third-order valence-electron chi connectivity index (χ3n) is 3.68. The maximum atomic E-state index is 14.1. The van der Waals surface area contributed by atoms with Crippen molar-refractivity contribution in [1.29, 1.82) is 10.5 Å². The van der Waals surface area contributed by atoms with Crippen LogP contribution in [-0.4, -0.2) is 10.9 Å². The third-order valence-corrected chi connectivity index (χ3v) is 4.46. The van der Waals surface area contributed by atoms with E-state index >= 15 is 0 Å². The van der Waals surface area contributed by atoms with Gasteiger partial charge in [-0.15, -0.1) is 0 Å². The summed E-state index contributed by atoms with van der Waals surface area (Å²) in [6.45, 7) is 0. The molecule has 1 aliphatic heterocycles. The second kappa shape index (κ2) is 6.56. The lowest BCUT2D eigenvalue weighted by Gasteiger charge is -2.26. The van der Waals surface area contributed by atoms with Crippen LogP contribution in [0.5, 0.6) is 0 Å². The van der Waals surface area contributed by atoms with Gasteiger partial charge in [-0.3, -0.25) is 5.32 Å².